The number of hydrogen-bond donors (Lipinski definition) is 0. The largest absolute Gasteiger partial charge is 0.445 e. The quantitative estimate of drug-likeness (QED) is 0.324. The van der Waals surface area contributed by atoms with E-state index < -0.39 is 37.5 Å². The van der Waals surface area contributed by atoms with Crippen LogP contribution in [0.25, 0.3) is 0 Å². The summed E-state index contributed by atoms with van der Waals surface area (Å²) < 4.78 is 27.2. The second-order valence-corrected chi connectivity index (χ2v) is 6.57. The highest BCUT2D eigenvalue weighted by Gasteiger charge is 2.44. The molecule has 0 N–H and O–H groups in total. The van der Waals surface area contributed by atoms with E-state index in [4.69, 9.17) is 13.8 Å². The molecule has 1 aliphatic heterocycles. The van der Waals surface area contributed by atoms with Gasteiger partial charge in [-0.25, -0.2) is 0 Å². The van der Waals surface area contributed by atoms with Gasteiger partial charge < -0.3 is 18.6 Å². The Labute approximate surface area is 128 Å². The van der Waals surface area contributed by atoms with Gasteiger partial charge in [-0.1, -0.05) is 12.0 Å². The maximum atomic E-state index is 12.3. The lowest BCUT2D eigenvalue weighted by atomic mass is 9.98. The average Bonchev–Trinajstić information content (AvgIpc) is 2.79. The number of Topliss-reactive ketones (excluding diaryl/α,β-unsaturated/α-hetero) is 1. The summed E-state index contributed by atoms with van der Waals surface area (Å²) in [5, 5.41) is 0.962. The van der Waals surface area contributed by atoms with Crippen LogP contribution in [0.1, 0.15) is 20.8 Å². The first-order valence-corrected chi connectivity index (χ1v) is 8.55. The molecule has 1 aliphatic rings. The lowest BCUT2D eigenvalue weighted by Gasteiger charge is -2.23. The molecule has 10 heteroatoms. The third-order valence-corrected chi connectivity index (χ3v) is 5.05. The molecule has 0 bridgehead atoms. The molecule has 0 aromatic rings. The number of cyclic esters (lactones) is 1. The molecule has 2 atom stereocenters. The third kappa shape index (κ3) is 4.61. The van der Waals surface area contributed by atoms with Gasteiger partial charge in [-0.3, -0.25) is 18.9 Å². The molecule has 0 saturated carbocycles. The van der Waals surface area contributed by atoms with E-state index in [-0.39, 0.29) is 26.4 Å². The van der Waals surface area contributed by atoms with Crippen molar-refractivity contribution in [1.82, 2.24) is 5.06 Å². The van der Waals surface area contributed by atoms with Gasteiger partial charge in [0, 0.05) is 5.92 Å². The fraction of sp³-hybridized carbons (Fsp3) is 0.750. The zero-order chi connectivity index (χ0) is 16.8. The van der Waals surface area contributed by atoms with Crippen LogP contribution >= 0.6 is 7.60 Å². The Kier molecular flexibility index (Phi) is 7.15. The van der Waals surface area contributed by atoms with Crippen LogP contribution < -0.4 is 0 Å². The van der Waals surface area contributed by atoms with Crippen molar-refractivity contribution in [3.63, 3.8) is 0 Å². The topological polar surface area (TPSA) is 108 Å². The molecule has 0 aliphatic carbocycles. The molecule has 1 fully saturated rings. The van der Waals surface area contributed by atoms with Crippen molar-refractivity contribution in [1.29, 1.82) is 0 Å². The number of hydrogen-bond acceptors (Lipinski definition) is 9. The lowest BCUT2D eigenvalue weighted by molar-refractivity contribution is -0.188. The van der Waals surface area contributed by atoms with Crippen molar-refractivity contribution in [2.45, 2.75) is 26.8 Å². The molecule has 22 heavy (non-hydrogen) atoms. The number of carbonyl (C=O) groups excluding carboxylic acids is 3. The van der Waals surface area contributed by atoms with Gasteiger partial charge in [0.25, 0.3) is 0 Å². The van der Waals surface area contributed by atoms with Gasteiger partial charge in [0.15, 0.2) is 12.8 Å². The van der Waals surface area contributed by atoms with Gasteiger partial charge in [0.2, 0.25) is 0 Å². The van der Waals surface area contributed by atoms with Gasteiger partial charge >= 0.3 is 20.0 Å². The molecular weight excluding hydrogens is 317 g/mol. The number of esters is 1. The molecule has 0 radical (unpaired) electrons. The third-order valence-electron chi connectivity index (χ3n) is 3.05. The Morgan fingerprint density at radius 2 is 2.05 bits per heavy atom. The summed E-state index contributed by atoms with van der Waals surface area (Å²) in [5.74, 6) is -2.09. The first-order valence-electron chi connectivity index (χ1n) is 6.83. The van der Waals surface area contributed by atoms with Crippen LogP contribution in [0.3, 0.4) is 0 Å². The van der Waals surface area contributed by atoms with E-state index in [1.807, 2.05) is 0 Å². The summed E-state index contributed by atoms with van der Waals surface area (Å²) in [6, 6.07) is -1.07. The number of ketones is 1. The van der Waals surface area contributed by atoms with E-state index in [9.17, 15) is 18.9 Å². The van der Waals surface area contributed by atoms with E-state index in [2.05, 4.69) is 4.84 Å². The molecule has 1 saturated heterocycles. The van der Waals surface area contributed by atoms with Crippen LogP contribution in [0.4, 0.5) is 0 Å². The Bertz CT molecular complexity index is 458. The van der Waals surface area contributed by atoms with Gasteiger partial charge in [0.05, 0.1) is 13.2 Å². The SMILES string of the molecule is CCOP(=O)(CC(=O)C(C)C1C(=O)OCN1OC=O)OCC. The second-order valence-electron chi connectivity index (χ2n) is 4.52. The standard InChI is InChI=1S/C12H20NO8P/c1-4-20-22(17,21-5-2)6-10(15)9(3)11-12(16)18-7-13(11)19-8-14/h8-9,11H,4-7H2,1-3H3. The van der Waals surface area contributed by atoms with Crippen molar-refractivity contribution in [2.24, 2.45) is 5.92 Å². The fourth-order valence-electron chi connectivity index (χ4n) is 2.05. The number of carbonyl (C=O) groups is 3. The molecule has 126 valence electrons. The van der Waals surface area contributed by atoms with Crippen molar-refractivity contribution in [2.75, 3.05) is 26.1 Å². The average molecular weight is 337 g/mol. The Morgan fingerprint density at radius 3 is 2.55 bits per heavy atom. The highest BCUT2D eigenvalue weighted by molar-refractivity contribution is 7.54. The number of nitrogens with zero attached hydrogens (tertiary/aromatic N) is 1. The Hall–Kier alpha value is -1.28. The van der Waals surface area contributed by atoms with Crippen LogP contribution in [0.15, 0.2) is 0 Å². The molecular formula is C12H20NO8P. The molecule has 2 unspecified atom stereocenters. The highest BCUT2D eigenvalue weighted by atomic mass is 31.2. The van der Waals surface area contributed by atoms with E-state index in [1.165, 1.54) is 6.92 Å². The summed E-state index contributed by atoms with van der Waals surface area (Å²) in [6.45, 7) is 4.87. The minimum Gasteiger partial charge on any atom is -0.445 e. The number of ether oxygens (including phenoxy) is 1. The summed E-state index contributed by atoms with van der Waals surface area (Å²) in [4.78, 5) is 39.0. The van der Waals surface area contributed by atoms with Crippen LogP contribution in [0.5, 0.6) is 0 Å². The number of rotatable bonds is 10. The highest BCUT2D eigenvalue weighted by Crippen LogP contribution is 2.48. The monoisotopic (exact) mass is 337 g/mol. The van der Waals surface area contributed by atoms with E-state index in [0.717, 1.165) is 5.06 Å². The van der Waals surface area contributed by atoms with Crippen LogP contribution in [0, 0.1) is 5.92 Å². The van der Waals surface area contributed by atoms with Crippen LogP contribution in [0.2, 0.25) is 0 Å². The zero-order valence-electron chi connectivity index (χ0n) is 12.7. The smallest absolute Gasteiger partial charge is 0.338 e. The van der Waals surface area contributed by atoms with E-state index in [0.29, 0.717) is 0 Å². The van der Waals surface area contributed by atoms with E-state index >= 15 is 0 Å². The number of hydroxylamine groups is 2. The van der Waals surface area contributed by atoms with Gasteiger partial charge in [0.1, 0.15) is 11.9 Å². The zero-order valence-corrected chi connectivity index (χ0v) is 13.6. The summed E-state index contributed by atoms with van der Waals surface area (Å²) in [6.07, 6.45) is -0.464. The summed E-state index contributed by atoms with van der Waals surface area (Å²) in [5.41, 5.74) is 0. The van der Waals surface area contributed by atoms with Gasteiger partial charge in [-0.2, -0.15) is 0 Å². The van der Waals surface area contributed by atoms with Crippen molar-refractivity contribution >= 4 is 25.8 Å². The molecule has 9 nitrogen and oxygen atoms in total. The second kappa shape index (κ2) is 8.38. The Balaban J connectivity index is 2.80. The van der Waals surface area contributed by atoms with Crippen molar-refractivity contribution < 1.29 is 37.6 Å². The molecule has 0 aromatic heterocycles. The van der Waals surface area contributed by atoms with Crippen LogP contribution in [-0.4, -0.2) is 55.4 Å². The summed E-state index contributed by atoms with van der Waals surface area (Å²) >= 11 is 0. The predicted molar refractivity (Wildman–Crippen MR) is 73.6 cm³/mol. The first-order chi connectivity index (χ1) is 10.4. The maximum Gasteiger partial charge on any atom is 0.338 e. The molecule has 0 aromatic carbocycles. The van der Waals surface area contributed by atoms with E-state index in [1.54, 1.807) is 13.8 Å². The Morgan fingerprint density at radius 1 is 1.45 bits per heavy atom. The molecule has 0 spiro atoms. The van der Waals surface area contributed by atoms with Crippen LogP contribution in [-0.2, 0) is 37.6 Å². The normalized spacial score (nSPS) is 20.5. The molecule has 1 rings (SSSR count). The minimum atomic E-state index is -3.56. The minimum absolute atomic E-state index is 0.130. The van der Waals surface area contributed by atoms with Gasteiger partial charge in [-0.05, 0) is 13.8 Å². The van der Waals surface area contributed by atoms with Gasteiger partial charge in [-0.15, -0.1) is 0 Å². The van der Waals surface area contributed by atoms with Crippen molar-refractivity contribution in [3.05, 3.63) is 0 Å². The summed E-state index contributed by atoms with van der Waals surface area (Å²) in [7, 11) is -3.56. The first kappa shape index (κ1) is 18.8. The maximum absolute atomic E-state index is 12.3. The fourth-order valence-corrected chi connectivity index (χ4v) is 3.76. The predicted octanol–water partition coefficient (Wildman–Crippen LogP) is 0.731. The lowest BCUT2D eigenvalue weighted by Crippen LogP contribution is -2.42. The van der Waals surface area contributed by atoms with Crippen molar-refractivity contribution in [3.8, 4) is 0 Å². The molecule has 1 heterocycles. The molecule has 0 amide bonds.